The Hall–Kier alpha value is -1.16. The van der Waals surface area contributed by atoms with Crippen molar-refractivity contribution in [2.75, 3.05) is 6.54 Å². The van der Waals surface area contributed by atoms with E-state index in [1.165, 1.54) is 0 Å². The molecular weight excluding hydrogens is 244 g/mol. The highest BCUT2D eigenvalue weighted by Gasteiger charge is 2.18. The lowest BCUT2D eigenvalue weighted by molar-refractivity contribution is 0.106. The number of carbonyl (C=O) groups excluding carboxylic acids is 1. The monoisotopic (exact) mass is 252 g/mol. The zero-order valence-corrected chi connectivity index (χ0v) is 9.04. The summed E-state index contributed by atoms with van der Waals surface area (Å²) in [6, 6.07) is 7.39. The molecule has 0 saturated carbocycles. The second-order valence-corrected chi connectivity index (χ2v) is 3.88. The minimum atomic E-state index is 0.00229. The summed E-state index contributed by atoms with van der Waals surface area (Å²) in [6.45, 7) is 0.755. The van der Waals surface area contributed by atoms with Crippen molar-refractivity contribution in [1.82, 2.24) is 5.43 Å². The van der Waals surface area contributed by atoms with Crippen LogP contribution in [-0.2, 0) is 0 Å². The largest absolute Gasteiger partial charge is 0.309 e. The van der Waals surface area contributed by atoms with Gasteiger partial charge in [0.15, 0.2) is 0 Å². The Morgan fingerprint density at radius 3 is 2.86 bits per heavy atom. The molecule has 1 aromatic carbocycles. The fraction of sp³-hybridized carbons (Fsp3) is 0.200. The Morgan fingerprint density at radius 2 is 2.21 bits per heavy atom. The molecule has 0 saturated heterocycles. The Labute approximate surface area is 90.3 Å². The summed E-state index contributed by atoms with van der Waals surface area (Å²) >= 11 is 3.35. The van der Waals surface area contributed by atoms with Gasteiger partial charge >= 0.3 is 0 Å². The lowest BCUT2D eigenvalue weighted by Gasteiger charge is -2.01. The number of nitrogens with one attached hydrogen (secondary N) is 1. The molecule has 1 aromatic rings. The van der Waals surface area contributed by atoms with Gasteiger partial charge in [0.05, 0.1) is 0 Å². The van der Waals surface area contributed by atoms with Gasteiger partial charge in [0, 0.05) is 23.0 Å². The lowest BCUT2D eigenvalue weighted by atomic mass is 10.1. The summed E-state index contributed by atoms with van der Waals surface area (Å²) in [5.74, 6) is 0.00229. The van der Waals surface area contributed by atoms with E-state index in [0.29, 0.717) is 17.7 Å². The molecule has 0 bridgehead atoms. The second kappa shape index (κ2) is 3.92. The predicted octanol–water partition coefficient (Wildman–Crippen LogP) is 1.98. The van der Waals surface area contributed by atoms with E-state index in [0.717, 1.165) is 11.0 Å². The van der Waals surface area contributed by atoms with Gasteiger partial charge in [-0.15, -0.1) is 0 Å². The van der Waals surface area contributed by atoms with Gasteiger partial charge in [-0.1, -0.05) is 28.1 Å². The van der Waals surface area contributed by atoms with Crippen molar-refractivity contribution < 1.29 is 4.79 Å². The number of halogens is 1. The topological polar surface area (TPSA) is 41.5 Å². The zero-order valence-electron chi connectivity index (χ0n) is 7.46. The maximum Gasteiger partial charge on any atom is 0.210 e. The van der Waals surface area contributed by atoms with E-state index in [-0.39, 0.29) is 5.78 Å². The van der Waals surface area contributed by atoms with Crippen LogP contribution in [0.25, 0.3) is 0 Å². The molecule has 0 radical (unpaired) electrons. The van der Waals surface area contributed by atoms with Gasteiger partial charge < -0.3 is 5.43 Å². The van der Waals surface area contributed by atoms with Crippen LogP contribution in [0.2, 0.25) is 0 Å². The first-order valence-electron chi connectivity index (χ1n) is 4.37. The van der Waals surface area contributed by atoms with E-state index in [1.54, 1.807) is 6.07 Å². The molecule has 0 atom stereocenters. The number of benzene rings is 1. The van der Waals surface area contributed by atoms with Gasteiger partial charge in [-0.25, -0.2) is 0 Å². The standard InChI is InChI=1S/C10H9BrN2O/c11-8-4-2-1-3-7(8)10(14)9-5-6-12-13-9/h1-4,12H,5-6H2. The maximum atomic E-state index is 11.9. The molecule has 0 fully saturated rings. The summed E-state index contributed by atoms with van der Waals surface area (Å²) in [7, 11) is 0. The Bertz CT molecular complexity index is 401. The van der Waals surface area contributed by atoms with E-state index < -0.39 is 0 Å². The van der Waals surface area contributed by atoms with Crippen LogP contribution in [0.15, 0.2) is 33.8 Å². The molecule has 0 unspecified atom stereocenters. The molecule has 0 aliphatic carbocycles. The summed E-state index contributed by atoms with van der Waals surface area (Å²) < 4.78 is 0.819. The smallest absolute Gasteiger partial charge is 0.210 e. The second-order valence-electron chi connectivity index (χ2n) is 3.03. The SMILES string of the molecule is O=C(C1=NNCC1)c1ccccc1Br. The number of Topliss-reactive ketones (excluding diaryl/α,β-unsaturated/α-hetero) is 1. The number of hydrogen-bond acceptors (Lipinski definition) is 3. The number of nitrogens with zero attached hydrogens (tertiary/aromatic N) is 1. The van der Waals surface area contributed by atoms with Crippen LogP contribution in [-0.4, -0.2) is 18.0 Å². The molecule has 72 valence electrons. The Kier molecular flexibility index (Phi) is 2.63. The molecule has 14 heavy (non-hydrogen) atoms. The average Bonchev–Trinajstić information content (AvgIpc) is 2.70. The van der Waals surface area contributed by atoms with E-state index >= 15 is 0 Å². The van der Waals surface area contributed by atoms with Gasteiger partial charge in [-0.3, -0.25) is 4.79 Å². The van der Waals surface area contributed by atoms with Crippen molar-refractivity contribution >= 4 is 27.4 Å². The molecule has 1 aliphatic heterocycles. The molecule has 4 heteroatoms. The molecule has 3 nitrogen and oxygen atoms in total. The third-order valence-electron chi connectivity index (χ3n) is 2.07. The molecule has 1 N–H and O–H groups in total. The van der Waals surface area contributed by atoms with Crippen LogP contribution in [0.3, 0.4) is 0 Å². The fourth-order valence-corrected chi connectivity index (χ4v) is 1.81. The summed E-state index contributed by atoms with van der Waals surface area (Å²) in [6.07, 6.45) is 0.708. The molecule has 0 amide bonds. The Morgan fingerprint density at radius 1 is 1.43 bits per heavy atom. The van der Waals surface area contributed by atoms with Gasteiger partial charge in [0.2, 0.25) is 5.78 Å². The maximum absolute atomic E-state index is 11.9. The average molecular weight is 253 g/mol. The van der Waals surface area contributed by atoms with E-state index in [4.69, 9.17) is 0 Å². The molecule has 1 heterocycles. The van der Waals surface area contributed by atoms with Crippen molar-refractivity contribution in [3.8, 4) is 0 Å². The first-order chi connectivity index (χ1) is 6.79. The van der Waals surface area contributed by atoms with E-state index in [9.17, 15) is 4.79 Å². The first-order valence-corrected chi connectivity index (χ1v) is 5.17. The van der Waals surface area contributed by atoms with Crippen molar-refractivity contribution in [3.05, 3.63) is 34.3 Å². The van der Waals surface area contributed by atoms with Crippen LogP contribution < -0.4 is 5.43 Å². The van der Waals surface area contributed by atoms with Crippen LogP contribution in [0.5, 0.6) is 0 Å². The molecular formula is C10H9BrN2O. The van der Waals surface area contributed by atoms with Crippen molar-refractivity contribution in [3.63, 3.8) is 0 Å². The highest BCUT2D eigenvalue weighted by Crippen LogP contribution is 2.17. The number of carbonyl (C=O) groups is 1. The summed E-state index contributed by atoms with van der Waals surface area (Å²) in [5, 5.41) is 3.95. The van der Waals surface area contributed by atoms with E-state index in [1.807, 2.05) is 18.2 Å². The highest BCUT2D eigenvalue weighted by molar-refractivity contribution is 9.10. The molecule has 2 rings (SSSR count). The van der Waals surface area contributed by atoms with E-state index in [2.05, 4.69) is 26.5 Å². The molecule has 0 spiro atoms. The van der Waals surface area contributed by atoms with Gasteiger partial charge in [0.1, 0.15) is 5.71 Å². The van der Waals surface area contributed by atoms with Gasteiger partial charge in [-0.2, -0.15) is 5.10 Å². The quantitative estimate of drug-likeness (QED) is 0.819. The molecule has 1 aliphatic rings. The minimum Gasteiger partial charge on any atom is -0.309 e. The van der Waals surface area contributed by atoms with Crippen molar-refractivity contribution in [2.24, 2.45) is 5.10 Å². The fourth-order valence-electron chi connectivity index (χ4n) is 1.35. The van der Waals surface area contributed by atoms with Crippen LogP contribution >= 0.6 is 15.9 Å². The Balaban J connectivity index is 2.31. The summed E-state index contributed by atoms with van der Waals surface area (Å²) in [5.41, 5.74) is 4.08. The number of rotatable bonds is 2. The zero-order chi connectivity index (χ0) is 9.97. The number of ketones is 1. The molecule has 0 aromatic heterocycles. The van der Waals surface area contributed by atoms with Crippen molar-refractivity contribution in [1.29, 1.82) is 0 Å². The summed E-state index contributed by atoms with van der Waals surface area (Å²) in [4.78, 5) is 11.9. The normalized spacial score (nSPS) is 14.8. The van der Waals surface area contributed by atoms with Gasteiger partial charge in [0.25, 0.3) is 0 Å². The van der Waals surface area contributed by atoms with Crippen molar-refractivity contribution in [2.45, 2.75) is 6.42 Å². The predicted molar refractivity (Wildman–Crippen MR) is 58.5 cm³/mol. The van der Waals surface area contributed by atoms with Crippen LogP contribution in [0.1, 0.15) is 16.8 Å². The first kappa shape index (κ1) is 9.40. The lowest BCUT2D eigenvalue weighted by Crippen LogP contribution is -2.12. The highest BCUT2D eigenvalue weighted by atomic mass is 79.9. The van der Waals surface area contributed by atoms with Gasteiger partial charge in [-0.05, 0) is 12.1 Å². The third-order valence-corrected chi connectivity index (χ3v) is 2.76. The third kappa shape index (κ3) is 1.70. The number of hydrazone groups is 1. The number of hydrogen-bond donors (Lipinski definition) is 1. The minimum absolute atomic E-state index is 0.00229. The van der Waals surface area contributed by atoms with Crippen LogP contribution in [0.4, 0.5) is 0 Å². The van der Waals surface area contributed by atoms with Crippen LogP contribution in [0, 0.1) is 0 Å².